The average molecular weight is 360 g/mol. The third kappa shape index (κ3) is 3.08. The summed E-state index contributed by atoms with van der Waals surface area (Å²) in [5, 5.41) is 0.434. The molecular formula is C18H17FN2O3S. The summed E-state index contributed by atoms with van der Waals surface area (Å²) in [5.41, 5.74) is 1.09. The Morgan fingerprint density at radius 3 is 2.80 bits per heavy atom. The van der Waals surface area contributed by atoms with Gasteiger partial charge < -0.3 is 14.4 Å². The lowest BCUT2D eigenvalue weighted by Gasteiger charge is -2.19. The van der Waals surface area contributed by atoms with E-state index in [1.165, 1.54) is 36.5 Å². The summed E-state index contributed by atoms with van der Waals surface area (Å²) in [6.45, 7) is 0.153. The predicted molar refractivity (Wildman–Crippen MR) is 96.0 cm³/mol. The van der Waals surface area contributed by atoms with Crippen molar-refractivity contribution in [3.63, 3.8) is 0 Å². The molecule has 0 aliphatic heterocycles. The summed E-state index contributed by atoms with van der Waals surface area (Å²) in [5.74, 6) is -0.278. The molecule has 3 aromatic rings. The topological polar surface area (TPSA) is 51.7 Å². The monoisotopic (exact) mass is 360 g/mol. The first kappa shape index (κ1) is 17.3. The van der Waals surface area contributed by atoms with Gasteiger partial charge in [-0.1, -0.05) is 6.07 Å². The molecule has 5 nitrogen and oxygen atoms in total. The van der Waals surface area contributed by atoms with Crippen molar-refractivity contribution in [3.05, 3.63) is 52.8 Å². The number of anilines is 1. The Kier molecular flexibility index (Phi) is 4.96. The van der Waals surface area contributed by atoms with E-state index >= 15 is 0 Å². The number of nitrogens with zero attached hydrogens (tertiary/aromatic N) is 2. The molecule has 25 heavy (non-hydrogen) atoms. The molecule has 2 aromatic heterocycles. The van der Waals surface area contributed by atoms with E-state index in [1.807, 2.05) is 0 Å². The van der Waals surface area contributed by atoms with Crippen molar-refractivity contribution in [2.24, 2.45) is 0 Å². The molecule has 0 atom stereocenters. The number of carbonyl (C=O) groups is 1. The predicted octanol–water partition coefficient (Wildman–Crippen LogP) is 3.87. The van der Waals surface area contributed by atoms with Crippen LogP contribution in [0.2, 0.25) is 0 Å². The summed E-state index contributed by atoms with van der Waals surface area (Å²) in [7, 11) is 4.65. The van der Waals surface area contributed by atoms with Crippen LogP contribution < -0.4 is 9.64 Å². The molecule has 2 heterocycles. The number of carbonyl (C=O) groups excluding carboxylic acids is 1. The Balaban J connectivity index is 2.10. The minimum Gasteiger partial charge on any atom is -0.480 e. The Morgan fingerprint density at radius 1 is 1.28 bits per heavy atom. The standard InChI is InChI=1S/C18H17FN2O3S/c1-21(13-7-5-9-20-17(13)24-3)18(22)16-11(10-23-2)15-12(19)6-4-8-14(15)25-16/h4-9H,10H2,1-3H3. The maximum Gasteiger partial charge on any atom is 0.268 e. The number of amides is 1. The van der Waals surface area contributed by atoms with Gasteiger partial charge in [-0.2, -0.15) is 0 Å². The van der Waals surface area contributed by atoms with E-state index in [0.717, 1.165) is 0 Å². The number of aromatic nitrogens is 1. The molecule has 0 radical (unpaired) electrons. The molecule has 1 aromatic carbocycles. The SMILES string of the molecule is COCc1c(C(=O)N(C)c2cccnc2OC)sc2cccc(F)c12. The van der Waals surface area contributed by atoms with Gasteiger partial charge in [0.15, 0.2) is 0 Å². The van der Waals surface area contributed by atoms with Crippen molar-refractivity contribution in [2.75, 3.05) is 26.2 Å². The number of benzene rings is 1. The number of thiophene rings is 1. The molecule has 0 fully saturated rings. The van der Waals surface area contributed by atoms with Crippen molar-refractivity contribution in [3.8, 4) is 5.88 Å². The first-order valence-electron chi connectivity index (χ1n) is 7.54. The fraction of sp³-hybridized carbons (Fsp3) is 0.222. The summed E-state index contributed by atoms with van der Waals surface area (Å²) in [4.78, 5) is 19.1. The van der Waals surface area contributed by atoms with Gasteiger partial charge >= 0.3 is 0 Å². The number of halogens is 1. The van der Waals surface area contributed by atoms with Crippen LogP contribution in [0.1, 0.15) is 15.2 Å². The second kappa shape index (κ2) is 7.16. The largest absolute Gasteiger partial charge is 0.480 e. The highest BCUT2D eigenvalue weighted by Gasteiger charge is 2.25. The zero-order valence-corrected chi connectivity index (χ0v) is 14.9. The molecule has 0 bridgehead atoms. The fourth-order valence-corrected chi connectivity index (χ4v) is 3.88. The van der Waals surface area contributed by atoms with Gasteiger partial charge in [-0.15, -0.1) is 11.3 Å². The maximum absolute atomic E-state index is 14.3. The Bertz CT molecular complexity index is 926. The minimum absolute atomic E-state index is 0.153. The van der Waals surface area contributed by atoms with E-state index < -0.39 is 0 Å². The fourth-order valence-electron chi connectivity index (χ4n) is 2.68. The third-order valence-corrected chi connectivity index (χ3v) is 5.04. The number of pyridine rings is 1. The van der Waals surface area contributed by atoms with Crippen LogP contribution in [0.15, 0.2) is 36.5 Å². The highest BCUT2D eigenvalue weighted by Crippen LogP contribution is 2.36. The number of ether oxygens (including phenoxy) is 2. The van der Waals surface area contributed by atoms with Crippen molar-refractivity contribution in [2.45, 2.75) is 6.61 Å². The van der Waals surface area contributed by atoms with Crippen LogP contribution in [0.25, 0.3) is 10.1 Å². The second-order valence-electron chi connectivity index (χ2n) is 5.35. The van der Waals surface area contributed by atoms with E-state index in [1.54, 1.807) is 37.5 Å². The molecule has 0 N–H and O–H groups in total. The van der Waals surface area contributed by atoms with E-state index in [-0.39, 0.29) is 18.3 Å². The molecule has 0 saturated carbocycles. The molecule has 0 spiro atoms. The number of hydrogen-bond acceptors (Lipinski definition) is 5. The minimum atomic E-state index is -0.360. The molecule has 0 saturated heterocycles. The molecule has 130 valence electrons. The van der Waals surface area contributed by atoms with E-state index in [4.69, 9.17) is 9.47 Å². The summed E-state index contributed by atoms with van der Waals surface area (Å²) >= 11 is 1.25. The average Bonchev–Trinajstić information content (AvgIpc) is 3.00. The van der Waals surface area contributed by atoms with Crippen molar-refractivity contribution < 1.29 is 18.7 Å². The Morgan fingerprint density at radius 2 is 2.08 bits per heavy atom. The zero-order valence-electron chi connectivity index (χ0n) is 14.1. The van der Waals surface area contributed by atoms with Gasteiger partial charge in [-0.3, -0.25) is 4.79 Å². The van der Waals surface area contributed by atoms with Crippen LogP contribution in [-0.4, -0.2) is 32.2 Å². The molecule has 1 amide bonds. The first-order chi connectivity index (χ1) is 12.1. The van der Waals surface area contributed by atoms with Crippen LogP contribution in [0.5, 0.6) is 5.88 Å². The Labute approximate surface area is 148 Å². The summed E-state index contributed by atoms with van der Waals surface area (Å²) in [6, 6.07) is 8.28. The van der Waals surface area contributed by atoms with Gasteiger partial charge in [0.2, 0.25) is 5.88 Å². The first-order valence-corrected chi connectivity index (χ1v) is 8.36. The van der Waals surface area contributed by atoms with Crippen LogP contribution in [0, 0.1) is 5.82 Å². The van der Waals surface area contributed by atoms with Gasteiger partial charge in [0, 0.05) is 36.0 Å². The van der Waals surface area contributed by atoms with Gasteiger partial charge in [0.25, 0.3) is 5.91 Å². The zero-order chi connectivity index (χ0) is 18.0. The number of rotatable bonds is 5. The molecule has 7 heteroatoms. The van der Waals surface area contributed by atoms with Crippen molar-refractivity contribution in [1.82, 2.24) is 4.98 Å². The molecule has 3 rings (SSSR count). The lowest BCUT2D eigenvalue weighted by Crippen LogP contribution is -2.27. The van der Waals surface area contributed by atoms with Gasteiger partial charge in [-0.25, -0.2) is 9.37 Å². The molecular weight excluding hydrogens is 343 g/mol. The van der Waals surface area contributed by atoms with Gasteiger partial charge in [0.05, 0.1) is 18.6 Å². The molecule has 0 aliphatic rings. The quantitative estimate of drug-likeness (QED) is 0.693. The van der Waals surface area contributed by atoms with Crippen LogP contribution in [0.4, 0.5) is 10.1 Å². The van der Waals surface area contributed by atoms with Crippen LogP contribution >= 0.6 is 11.3 Å². The number of hydrogen-bond donors (Lipinski definition) is 0. The van der Waals surface area contributed by atoms with E-state index in [0.29, 0.717) is 32.1 Å². The van der Waals surface area contributed by atoms with E-state index in [2.05, 4.69) is 4.98 Å². The number of fused-ring (bicyclic) bond motifs is 1. The highest BCUT2D eigenvalue weighted by molar-refractivity contribution is 7.21. The summed E-state index contributed by atoms with van der Waals surface area (Å²) < 4.78 is 25.4. The van der Waals surface area contributed by atoms with E-state index in [9.17, 15) is 9.18 Å². The van der Waals surface area contributed by atoms with Crippen LogP contribution in [-0.2, 0) is 11.3 Å². The third-order valence-electron chi connectivity index (χ3n) is 3.86. The van der Waals surface area contributed by atoms with Gasteiger partial charge in [0.1, 0.15) is 11.5 Å². The summed E-state index contributed by atoms with van der Waals surface area (Å²) in [6.07, 6.45) is 1.59. The maximum atomic E-state index is 14.3. The molecule has 0 aliphatic carbocycles. The highest BCUT2D eigenvalue weighted by atomic mass is 32.1. The Hall–Kier alpha value is -2.51. The normalized spacial score (nSPS) is 10.9. The van der Waals surface area contributed by atoms with Crippen molar-refractivity contribution in [1.29, 1.82) is 0 Å². The van der Waals surface area contributed by atoms with Crippen molar-refractivity contribution >= 4 is 33.0 Å². The van der Waals surface area contributed by atoms with Gasteiger partial charge in [-0.05, 0) is 24.3 Å². The lowest BCUT2D eigenvalue weighted by molar-refractivity contribution is 0.0992. The molecule has 0 unspecified atom stereocenters. The van der Waals surface area contributed by atoms with Crippen LogP contribution in [0.3, 0.4) is 0 Å². The lowest BCUT2D eigenvalue weighted by atomic mass is 10.1. The number of methoxy groups -OCH3 is 2. The smallest absolute Gasteiger partial charge is 0.268 e. The second-order valence-corrected chi connectivity index (χ2v) is 6.40.